The first kappa shape index (κ1) is 35.2. The minimum Gasteiger partial charge on any atom is -0.322 e. The van der Waals surface area contributed by atoms with E-state index in [1.807, 2.05) is 12.1 Å². The first-order chi connectivity index (χ1) is 19.8. The monoisotopic (exact) mass is 575 g/mol. The quantitative estimate of drug-likeness (QED) is 0.0976. The summed E-state index contributed by atoms with van der Waals surface area (Å²) in [5, 5.41) is 2.87. The van der Waals surface area contributed by atoms with Gasteiger partial charge in [0.05, 0.1) is 41.3 Å². The largest absolute Gasteiger partial charge is 0.322 e. The lowest BCUT2D eigenvalue weighted by Crippen LogP contribution is -2.41. The molecule has 1 amide bonds. The van der Waals surface area contributed by atoms with Crippen LogP contribution >= 0.6 is 0 Å². The SMILES string of the molecule is C=C(C)C(=O)Cc1ccc([N+](C)(C)CCCCCCCCCCCC[N+](C)(C)c2ccc(NC(=O)C(=C)C)cc2)cc1. The number of nitrogens with zero attached hydrogens (tertiary/aromatic N) is 2. The van der Waals surface area contributed by atoms with E-state index in [1.54, 1.807) is 13.8 Å². The predicted octanol–water partition coefficient (Wildman–Crippen LogP) is 8.62. The highest BCUT2D eigenvalue weighted by Gasteiger charge is 2.19. The molecular weight excluding hydrogens is 518 g/mol. The number of hydrogen-bond acceptors (Lipinski definition) is 2. The van der Waals surface area contributed by atoms with E-state index in [1.165, 1.54) is 75.6 Å². The number of amides is 1. The second-order valence-electron chi connectivity index (χ2n) is 13.2. The maximum Gasteiger partial charge on any atom is 0.250 e. The van der Waals surface area contributed by atoms with Crippen molar-refractivity contribution in [3.8, 4) is 0 Å². The Bertz CT molecular complexity index is 1070. The molecule has 42 heavy (non-hydrogen) atoms. The number of nitrogens with one attached hydrogen (secondary N) is 1. The lowest BCUT2D eigenvalue weighted by molar-refractivity contribution is -0.115. The van der Waals surface area contributed by atoms with E-state index in [9.17, 15) is 9.59 Å². The summed E-state index contributed by atoms with van der Waals surface area (Å²) in [5.74, 6) is -0.0212. The molecule has 0 unspecified atom stereocenters. The van der Waals surface area contributed by atoms with E-state index in [-0.39, 0.29) is 11.7 Å². The number of rotatable bonds is 20. The summed E-state index contributed by atoms with van der Waals surface area (Å²) in [4.78, 5) is 23.7. The maximum absolute atomic E-state index is 11.9. The van der Waals surface area contributed by atoms with Crippen molar-refractivity contribution in [2.24, 2.45) is 0 Å². The van der Waals surface area contributed by atoms with Crippen molar-refractivity contribution in [3.05, 3.63) is 78.4 Å². The van der Waals surface area contributed by atoms with Crippen molar-refractivity contribution in [1.82, 2.24) is 8.97 Å². The number of ketones is 1. The van der Waals surface area contributed by atoms with E-state index in [2.05, 4.69) is 83.1 Å². The van der Waals surface area contributed by atoms with Gasteiger partial charge in [0.25, 0.3) is 5.91 Å². The minimum absolute atomic E-state index is 0.114. The van der Waals surface area contributed by atoms with E-state index in [0.717, 1.165) is 33.3 Å². The Morgan fingerprint density at radius 1 is 0.595 bits per heavy atom. The second-order valence-corrected chi connectivity index (χ2v) is 13.2. The van der Waals surface area contributed by atoms with Crippen LogP contribution in [0.4, 0.5) is 17.1 Å². The summed E-state index contributed by atoms with van der Waals surface area (Å²) in [6, 6.07) is 16.7. The molecule has 0 atom stereocenters. The standard InChI is InChI=1S/C37H56N3O2/c1-30(2)36(41)29-32-19-23-34(24-20-32)39(5,6)27-17-15-13-11-9-10-12-14-16-18-28-40(7,8)35-25-21-33(22-26-35)38-37(42)31(3)4/h19-26H,1,3,9-18,27-29H2,2,4-8H3/q+1/p+1. The number of carbonyl (C=O) groups is 2. The Hall–Kier alpha value is -3.02. The van der Waals surface area contributed by atoms with Crippen molar-refractivity contribution in [1.29, 1.82) is 0 Å². The number of anilines is 1. The van der Waals surface area contributed by atoms with Crippen LogP contribution < -0.4 is 14.3 Å². The molecule has 2 aromatic carbocycles. The van der Waals surface area contributed by atoms with Gasteiger partial charge in [-0.15, -0.1) is 0 Å². The molecule has 0 saturated carbocycles. The number of carbonyl (C=O) groups excluding carboxylic acids is 2. The fourth-order valence-corrected chi connectivity index (χ4v) is 5.23. The van der Waals surface area contributed by atoms with Crippen LogP contribution in [0.1, 0.15) is 83.6 Å². The van der Waals surface area contributed by atoms with Crippen LogP contribution in [-0.2, 0) is 16.0 Å². The molecule has 2 aromatic rings. The number of quaternary nitrogens is 2. The summed E-state index contributed by atoms with van der Waals surface area (Å²) >= 11 is 0. The van der Waals surface area contributed by atoms with Crippen LogP contribution in [0.25, 0.3) is 0 Å². The van der Waals surface area contributed by atoms with E-state index in [4.69, 9.17) is 0 Å². The van der Waals surface area contributed by atoms with Gasteiger partial charge in [-0.1, -0.05) is 63.8 Å². The second kappa shape index (κ2) is 17.2. The average molecular weight is 576 g/mol. The number of allylic oxidation sites excluding steroid dienone is 1. The molecule has 230 valence electrons. The van der Waals surface area contributed by atoms with Crippen LogP contribution in [0.3, 0.4) is 0 Å². The van der Waals surface area contributed by atoms with Crippen molar-refractivity contribution in [3.63, 3.8) is 0 Å². The van der Waals surface area contributed by atoms with Gasteiger partial charge >= 0.3 is 0 Å². The maximum atomic E-state index is 11.9. The molecule has 1 N–H and O–H groups in total. The highest BCUT2D eigenvalue weighted by molar-refractivity contribution is 6.02. The summed E-state index contributed by atoms with van der Waals surface area (Å²) in [7, 11) is 9.06. The van der Waals surface area contributed by atoms with Crippen molar-refractivity contribution in [2.75, 3.05) is 46.6 Å². The Morgan fingerprint density at radius 2 is 0.976 bits per heavy atom. The van der Waals surface area contributed by atoms with Gasteiger partial charge in [-0.2, -0.15) is 0 Å². The van der Waals surface area contributed by atoms with Gasteiger partial charge in [0.2, 0.25) is 0 Å². The molecule has 0 spiro atoms. The number of hydrogen-bond donors (Lipinski definition) is 1. The molecule has 5 nitrogen and oxygen atoms in total. The third kappa shape index (κ3) is 12.5. The molecule has 2 rings (SSSR count). The fourth-order valence-electron chi connectivity index (χ4n) is 5.23. The van der Waals surface area contributed by atoms with Crippen LogP contribution in [0.2, 0.25) is 0 Å². The van der Waals surface area contributed by atoms with Crippen LogP contribution in [0.15, 0.2) is 72.8 Å². The number of Topliss-reactive ketones (excluding diaryl/α,β-unsaturated/α-hetero) is 1. The molecular formula is C37H57N3O2+2. The van der Waals surface area contributed by atoms with Gasteiger partial charge in [-0.05, 0) is 74.9 Å². The zero-order valence-electron chi connectivity index (χ0n) is 27.4. The van der Waals surface area contributed by atoms with Gasteiger partial charge in [0.1, 0.15) is 11.4 Å². The molecule has 0 saturated heterocycles. The molecule has 5 heteroatoms. The van der Waals surface area contributed by atoms with Gasteiger partial charge < -0.3 is 5.32 Å². The van der Waals surface area contributed by atoms with E-state index < -0.39 is 0 Å². The zero-order chi connectivity index (χ0) is 31.2. The molecule has 0 heterocycles. The Kier molecular flexibility index (Phi) is 14.4. The molecule has 0 aromatic heterocycles. The van der Waals surface area contributed by atoms with Crippen LogP contribution in [0, 0.1) is 0 Å². The number of benzene rings is 2. The summed E-state index contributed by atoms with van der Waals surface area (Å²) in [5.41, 5.74) is 5.56. The summed E-state index contributed by atoms with van der Waals surface area (Å²) < 4.78 is 1.73. The Balaban J connectivity index is 1.53. The van der Waals surface area contributed by atoms with Crippen molar-refractivity contribution >= 4 is 28.8 Å². The molecule has 0 radical (unpaired) electrons. The third-order valence-electron chi connectivity index (χ3n) is 8.37. The normalized spacial score (nSPS) is 11.8. The fraction of sp³-hybridized carbons (Fsp3) is 0.514. The molecule has 0 aliphatic rings. The first-order valence-electron chi connectivity index (χ1n) is 15.8. The van der Waals surface area contributed by atoms with Gasteiger partial charge in [0, 0.05) is 29.8 Å². The highest BCUT2D eigenvalue weighted by Crippen LogP contribution is 2.24. The lowest BCUT2D eigenvalue weighted by atomic mass is 10.0. The predicted molar refractivity (Wildman–Crippen MR) is 183 cm³/mol. The molecule has 0 fully saturated rings. The Labute approximate surface area is 256 Å². The summed E-state index contributed by atoms with van der Waals surface area (Å²) in [6.45, 7) is 13.2. The molecule has 0 bridgehead atoms. The average Bonchev–Trinajstić information content (AvgIpc) is 2.94. The Morgan fingerprint density at radius 3 is 1.36 bits per heavy atom. The van der Waals surface area contributed by atoms with Crippen molar-refractivity contribution in [2.45, 2.75) is 84.5 Å². The van der Waals surface area contributed by atoms with Crippen LogP contribution in [0.5, 0.6) is 0 Å². The molecule has 0 aliphatic heterocycles. The van der Waals surface area contributed by atoms with Crippen molar-refractivity contribution < 1.29 is 9.59 Å². The molecule has 0 aliphatic carbocycles. The topological polar surface area (TPSA) is 46.2 Å². The van der Waals surface area contributed by atoms with E-state index in [0.29, 0.717) is 17.6 Å². The van der Waals surface area contributed by atoms with Gasteiger partial charge in [-0.25, -0.2) is 0 Å². The van der Waals surface area contributed by atoms with E-state index >= 15 is 0 Å². The first-order valence-corrected chi connectivity index (χ1v) is 15.8. The minimum atomic E-state index is -0.135. The summed E-state index contributed by atoms with van der Waals surface area (Å²) in [6.07, 6.45) is 13.5. The highest BCUT2D eigenvalue weighted by atomic mass is 16.1. The van der Waals surface area contributed by atoms with Crippen LogP contribution in [-0.4, -0.2) is 53.0 Å². The third-order valence-corrected chi connectivity index (χ3v) is 8.37. The lowest BCUT2D eigenvalue weighted by Gasteiger charge is -2.29. The smallest absolute Gasteiger partial charge is 0.250 e. The number of unbranched alkanes of at least 4 members (excludes halogenated alkanes) is 9. The van der Waals surface area contributed by atoms with Gasteiger partial charge in [0.15, 0.2) is 5.78 Å². The van der Waals surface area contributed by atoms with Gasteiger partial charge in [-0.3, -0.25) is 18.6 Å². The zero-order valence-corrected chi connectivity index (χ0v) is 27.4.